The molecule has 70 valence electrons. The highest BCUT2D eigenvalue weighted by atomic mass is 79.9. The molecule has 1 rings (SSSR count). The van der Waals surface area contributed by atoms with Crippen molar-refractivity contribution in [3.05, 3.63) is 34.3 Å². The highest BCUT2D eigenvalue weighted by Crippen LogP contribution is 2.11. The van der Waals surface area contributed by atoms with E-state index in [0.29, 0.717) is 5.56 Å². The molecule has 0 saturated heterocycles. The van der Waals surface area contributed by atoms with Gasteiger partial charge in [-0.2, -0.15) is 0 Å². The summed E-state index contributed by atoms with van der Waals surface area (Å²) >= 11 is 3.29. The molecule has 1 N–H and O–H groups in total. The summed E-state index contributed by atoms with van der Waals surface area (Å²) in [5.41, 5.74) is 0.617. The molecule has 1 amide bonds. The molecule has 0 saturated carbocycles. The van der Waals surface area contributed by atoms with Crippen LogP contribution in [0.3, 0.4) is 0 Å². The number of amides is 1. The van der Waals surface area contributed by atoms with E-state index in [2.05, 4.69) is 21.2 Å². The third-order valence-corrected chi connectivity index (χ3v) is 1.96. The van der Waals surface area contributed by atoms with Crippen molar-refractivity contribution in [1.82, 2.24) is 5.32 Å². The van der Waals surface area contributed by atoms with Crippen LogP contribution >= 0.6 is 15.9 Å². The zero-order valence-electron chi connectivity index (χ0n) is 7.21. The van der Waals surface area contributed by atoms with Gasteiger partial charge in [-0.3, -0.25) is 4.79 Å². The lowest BCUT2D eigenvalue weighted by Crippen LogP contribution is -2.25. The second kappa shape index (κ2) is 4.99. The van der Waals surface area contributed by atoms with Gasteiger partial charge in [-0.25, -0.2) is 0 Å². The molecular formula is C9H10BrNO2. The minimum Gasteiger partial charge on any atom is -0.364 e. The van der Waals surface area contributed by atoms with Crippen molar-refractivity contribution in [3.8, 4) is 0 Å². The van der Waals surface area contributed by atoms with Gasteiger partial charge in [0.05, 0.1) is 0 Å². The molecule has 0 fully saturated rings. The zero-order chi connectivity index (χ0) is 9.68. The fourth-order valence-electron chi connectivity index (χ4n) is 0.869. The molecule has 13 heavy (non-hydrogen) atoms. The summed E-state index contributed by atoms with van der Waals surface area (Å²) in [6.45, 7) is 0.228. The summed E-state index contributed by atoms with van der Waals surface area (Å²) in [5, 5.41) is 2.59. The van der Waals surface area contributed by atoms with Gasteiger partial charge >= 0.3 is 0 Å². The van der Waals surface area contributed by atoms with Crippen LogP contribution in [0.4, 0.5) is 0 Å². The van der Waals surface area contributed by atoms with Gasteiger partial charge in [0.25, 0.3) is 5.91 Å². The highest BCUT2D eigenvalue weighted by molar-refractivity contribution is 9.10. The number of ether oxygens (including phenoxy) is 1. The van der Waals surface area contributed by atoms with Gasteiger partial charge in [0.2, 0.25) is 0 Å². The third-order valence-electron chi connectivity index (χ3n) is 1.46. The Morgan fingerprint density at radius 2 is 2.38 bits per heavy atom. The van der Waals surface area contributed by atoms with Crippen LogP contribution in [0.1, 0.15) is 10.4 Å². The lowest BCUT2D eigenvalue weighted by molar-refractivity contribution is 0.0872. The van der Waals surface area contributed by atoms with E-state index < -0.39 is 0 Å². The molecule has 1 aromatic rings. The maximum absolute atomic E-state index is 11.3. The van der Waals surface area contributed by atoms with E-state index in [0.717, 1.165) is 4.47 Å². The summed E-state index contributed by atoms with van der Waals surface area (Å²) in [6.07, 6.45) is 0. The number of rotatable bonds is 3. The summed E-state index contributed by atoms with van der Waals surface area (Å²) in [4.78, 5) is 11.3. The van der Waals surface area contributed by atoms with Gasteiger partial charge < -0.3 is 10.1 Å². The van der Waals surface area contributed by atoms with Gasteiger partial charge in [0.15, 0.2) is 0 Å². The molecule has 0 heterocycles. The SMILES string of the molecule is COCNC(=O)c1cccc(Br)c1. The number of halogens is 1. The summed E-state index contributed by atoms with van der Waals surface area (Å²) < 4.78 is 5.61. The van der Waals surface area contributed by atoms with Gasteiger partial charge in [-0.05, 0) is 18.2 Å². The van der Waals surface area contributed by atoms with Gasteiger partial charge in [-0.15, -0.1) is 0 Å². The monoisotopic (exact) mass is 243 g/mol. The van der Waals surface area contributed by atoms with Gasteiger partial charge in [0.1, 0.15) is 6.73 Å². The predicted molar refractivity (Wildman–Crippen MR) is 53.5 cm³/mol. The second-order valence-corrected chi connectivity index (χ2v) is 3.36. The standard InChI is InChI=1S/C9H10BrNO2/c1-13-6-11-9(12)7-3-2-4-8(10)5-7/h2-5H,6H2,1H3,(H,11,12). The maximum atomic E-state index is 11.3. The molecule has 4 heteroatoms. The summed E-state index contributed by atoms with van der Waals surface area (Å²) in [7, 11) is 1.53. The van der Waals surface area contributed by atoms with Crippen molar-refractivity contribution in [3.63, 3.8) is 0 Å². The number of carbonyl (C=O) groups excluding carboxylic acids is 1. The Morgan fingerprint density at radius 3 is 3.00 bits per heavy atom. The normalized spacial score (nSPS) is 9.69. The van der Waals surface area contributed by atoms with Crippen LogP contribution in [0.25, 0.3) is 0 Å². The molecule has 0 bridgehead atoms. The van der Waals surface area contributed by atoms with Crippen LogP contribution in [0, 0.1) is 0 Å². The average molecular weight is 244 g/mol. The first-order valence-electron chi connectivity index (χ1n) is 3.76. The Kier molecular flexibility index (Phi) is 3.92. The van der Waals surface area contributed by atoms with Crippen LogP contribution in [-0.2, 0) is 4.74 Å². The number of benzene rings is 1. The van der Waals surface area contributed by atoms with E-state index in [1.54, 1.807) is 12.1 Å². The Balaban J connectivity index is 2.66. The number of carbonyl (C=O) groups is 1. The molecular weight excluding hydrogens is 234 g/mol. The van der Waals surface area contributed by atoms with Crippen LogP contribution < -0.4 is 5.32 Å². The fraction of sp³-hybridized carbons (Fsp3) is 0.222. The molecule has 0 radical (unpaired) electrons. The van der Waals surface area contributed by atoms with Gasteiger partial charge in [-0.1, -0.05) is 22.0 Å². The first-order chi connectivity index (χ1) is 6.24. The molecule has 0 spiro atoms. The maximum Gasteiger partial charge on any atom is 0.253 e. The second-order valence-electron chi connectivity index (χ2n) is 2.45. The lowest BCUT2D eigenvalue weighted by atomic mass is 10.2. The zero-order valence-corrected chi connectivity index (χ0v) is 8.80. The van der Waals surface area contributed by atoms with Crippen LogP contribution in [0.15, 0.2) is 28.7 Å². The minimum absolute atomic E-state index is 0.136. The van der Waals surface area contributed by atoms with Crippen LogP contribution in [-0.4, -0.2) is 19.7 Å². The largest absolute Gasteiger partial charge is 0.364 e. The fourth-order valence-corrected chi connectivity index (χ4v) is 1.27. The van der Waals surface area contributed by atoms with Crippen LogP contribution in [0.2, 0.25) is 0 Å². The van der Waals surface area contributed by atoms with E-state index in [1.165, 1.54) is 7.11 Å². The third kappa shape index (κ3) is 3.16. The van der Waals surface area contributed by atoms with Gasteiger partial charge in [0, 0.05) is 17.1 Å². The molecule has 0 atom stereocenters. The first kappa shape index (κ1) is 10.2. The highest BCUT2D eigenvalue weighted by Gasteiger charge is 2.03. The van der Waals surface area contributed by atoms with E-state index in [1.807, 2.05) is 12.1 Å². The minimum atomic E-state index is -0.136. The summed E-state index contributed by atoms with van der Waals surface area (Å²) in [5.74, 6) is -0.136. The topological polar surface area (TPSA) is 38.3 Å². The van der Waals surface area contributed by atoms with Crippen molar-refractivity contribution in [1.29, 1.82) is 0 Å². The van der Waals surface area contributed by atoms with Crippen LogP contribution in [0.5, 0.6) is 0 Å². The Bertz CT molecular complexity index is 301. The molecule has 0 aliphatic heterocycles. The van der Waals surface area contributed by atoms with E-state index >= 15 is 0 Å². The van der Waals surface area contributed by atoms with Crippen molar-refractivity contribution >= 4 is 21.8 Å². The van der Waals surface area contributed by atoms with E-state index in [4.69, 9.17) is 4.74 Å². The Labute approximate surface area is 85.2 Å². The molecule has 3 nitrogen and oxygen atoms in total. The number of methoxy groups -OCH3 is 1. The van der Waals surface area contributed by atoms with Crippen molar-refractivity contribution in [2.75, 3.05) is 13.8 Å². The molecule has 1 aromatic carbocycles. The van der Waals surface area contributed by atoms with Crippen molar-refractivity contribution < 1.29 is 9.53 Å². The van der Waals surface area contributed by atoms with E-state index in [9.17, 15) is 4.79 Å². The summed E-state index contributed by atoms with van der Waals surface area (Å²) in [6, 6.07) is 7.18. The molecule has 0 aliphatic carbocycles. The quantitative estimate of drug-likeness (QED) is 0.823. The Morgan fingerprint density at radius 1 is 1.62 bits per heavy atom. The molecule has 0 aliphatic rings. The average Bonchev–Trinajstić information content (AvgIpc) is 2.14. The Hall–Kier alpha value is -0.870. The van der Waals surface area contributed by atoms with Crippen molar-refractivity contribution in [2.24, 2.45) is 0 Å². The molecule has 0 aromatic heterocycles. The first-order valence-corrected chi connectivity index (χ1v) is 4.56. The smallest absolute Gasteiger partial charge is 0.253 e. The lowest BCUT2D eigenvalue weighted by Gasteiger charge is -2.03. The molecule has 0 unspecified atom stereocenters. The number of nitrogens with one attached hydrogen (secondary N) is 1. The van der Waals surface area contributed by atoms with E-state index in [-0.39, 0.29) is 12.6 Å². The number of hydrogen-bond donors (Lipinski definition) is 1. The number of hydrogen-bond acceptors (Lipinski definition) is 2. The van der Waals surface area contributed by atoms with Crippen molar-refractivity contribution in [2.45, 2.75) is 0 Å². The predicted octanol–water partition coefficient (Wildman–Crippen LogP) is 1.78.